The van der Waals surface area contributed by atoms with Gasteiger partial charge in [0, 0.05) is 13.1 Å². The highest BCUT2D eigenvalue weighted by Gasteiger charge is 2.16. The molecule has 0 unspecified atom stereocenters. The van der Waals surface area contributed by atoms with E-state index in [-0.39, 0.29) is 25.3 Å². The van der Waals surface area contributed by atoms with Gasteiger partial charge in [0.1, 0.15) is 11.3 Å². The van der Waals surface area contributed by atoms with Gasteiger partial charge >= 0.3 is 5.97 Å². The van der Waals surface area contributed by atoms with Crippen molar-refractivity contribution in [3.63, 3.8) is 0 Å². The van der Waals surface area contributed by atoms with Crippen molar-refractivity contribution in [2.75, 3.05) is 26.3 Å². The van der Waals surface area contributed by atoms with Crippen LogP contribution in [0.5, 0.6) is 0 Å². The molecule has 0 aliphatic rings. The lowest BCUT2D eigenvalue weighted by atomic mass is 10.2. The highest BCUT2D eigenvalue weighted by Crippen LogP contribution is 2.13. The van der Waals surface area contributed by atoms with Gasteiger partial charge in [-0.3, -0.25) is 4.90 Å². The molecule has 0 radical (unpaired) electrons. The number of carboxylic acid groups (broad SMARTS) is 1. The molecule has 0 saturated carbocycles. The predicted octanol–water partition coefficient (Wildman–Crippen LogP) is -0.236. The van der Waals surface area contributed by atoms with E-state index in [0.29, 0.717) is 18.8 Å². The van der Waals surface area contributed by atoms with E-state index in [4.69, 9.17) is 19.7 Å². The fourth-order valence-electron chi connectivity index (χ4n) is 1.41. The molecule has 0 saturated heterocycles. The van der Waals surface area contributed by atoms with Crippen molar-refractivity contribution >= 4 is 5.97 Å². The molecule has 1 heterocycles. The molecule has 0 aliphatic heterocycles. The number of carbonyl (C=O) groups is 1. The standard InChI is InChI=1S/C10H15NO5/c12-4-2-11(3-5-13)7-9-8(10(14)15)1-6-16-9/h1,6,12-13H,2-5,7H2,(H,14,15). The van der Waals surface area contributed by atoms with Gasteiger partial charge in [0.25, 0.3) is 0 Å². The molecule has 1 aromatic rings. The molecule has 0 amide bonds. The predicted molar refractivity (Wildman–Crippen MR) is 55.1 cm³/mol. The van der Waals surface area contributed by atoms with Gasteiger partial charge in [0.15, 0.2) is 0 Å². The van der Waals surface area contributed by atoms with Crippen molar-refractivity contribution in [1.29, 1.82) is 0 Å². The molecule has 1 rings (SSSR count). The second-order valence-electron chi connectivity index (χ2n) is 3.29. The Morgan fingerprint density at radius 3 is 2.44 bits per heavy atom. The van der Waals surface area contributed by atoms with Crippen LogP contribution in [0.1, 0.15) is 16.1 Å². The molecule has 0 atom stereocenters. The first-order valence-electron chi connectivity index (χ1n) is 4.92. The number of carboxylic acids is 1. The summed E-state index contributed by atoms with van der Waals surface area (Å²) >= 11 is 0. The lowest BCUT2D eigenvalue weighted by Gasteiger charge is -2.18. The number of furan rings is 1. The zero-order valence-corrected chi connectivity index (χ0v) is 8.80. The largest absolute Gasteiger partial charge is 0.478 e. The second kappa shape index (κ2) is 6.26. The van der Waals surface area contributed by atoms with Crippen LogP contribution in [0, 0.1) is 0 Å². The monoisotopic (exact) mass is 229 g/mol. The fourth-order valence-corrected chi connectivity index (χ4v) is 1.41. The average molecular weight is 229 g/mol. The molecule has 6 heteroatoms. The summed E-state index contributed by atoms with van der Waals surface area (Å²) in [6.07, 6.45) is 1.31. The molecule has 6 nitrogen and oxygen atoms in total. The number of hydrogen-bond acceptors (Lipinski definition) is 5. The minimum absolute atomic E-state index is 0.0525. The SMILES string of the molecule is O=C(O)c1ccoc1CN(CCO)CCO. The maximum Gasteiger partial charge on any atom is 0.339 e. The summed E-state index contributed by atoms with van der Waals surface area (Å²) in [6.45, 7) is 0.878. The van der Waals surface area contributed by atoms with Crippen LogP contribution in [0.3, 0.4) is 0 Å². The first-order valence-corrected chi connectivity index (χ1v) is 4.92. The van der Waals surface area contributed by atoms with Gasteiger partial charge in [-0.1, -0.05) is 0 Å². The minimum Gasteiger partial charge on any atom is -0.478 e. The Morgan fingerprint density at radius 2 is 1.94 bits per heavy atom. The van der Waals surface area contributed by atoms with Crippen LogP contribution in [0.4, 0.5) is 0 Å². The first-order chi connectivity index (χ1) is 7.69. The molecule has 0 aliphatic carbocycles. The van der Waals surface area contributed by atoms with Crippen LogP contribution in [0.15, 0.2) is 16.7 Å². The number of aromatic carboxylic acids is 1. The zero-order valence-electron chi connectivity index (χ0n) is 8.80. The van der Waals surface area contributed by atoms with E-state index in [2.05, 4.69) is 0 Å². The Bertz CT molecular complexity index is 330. The molecule has 0 bridgehead atoms. The molecule has 0 fully saturated rings. The van der Waals surface area contributed by atoms with Gasteiger partial charge in [-0.2, -0.15) is 0 Å². The third kappa shape index (κ3) is 3.34. The fraction of sp³-hybridized carbons (Fsp3) is 0.500. The summed E-state index contributed by atoms with van der Waals surface area (Å²) in [7, 11) is 0. The van der Waals surface area contributed by atoms with Crippen molar-refractivity contribution in [2.24, 2.45) is 0 Å². The van der Waals surface area contributed by atoms with Crippen molar-refractivity contribution in [2.45, 2.75) is 6.54 Å². The van der Waals surface area contributed by atoms with Crippen molar-refractivity contribution in [3.8, 4) is 0 Å². The van der Waals surface area contributed by atoms with Gasteiger partial charge in [0.2, 0.25) is 0 Å². The number of aliphatic hydroxyl groups is 2. The summed E-state index contributed by atoms with van der Waals surface area (Å²) < 4.78 is 5.06. The normalized spacial score (nSPS) is 10.9. The molecule has 16 heavy (non-hydrogen) atoms. The summed E-state index contributed by atoms with van der Waals surface area (Å²) in [6, 6.07) is 1.38. The topological polar surface area (TPSA) is 94.1 Å². The summed E-state index contributed by atoms with van der Waals surface area (Å²) in [4.78, 5) is 12.5. The van der Waals surface area contributed by atoms with Crippen LogP contribution >= 0.6 is 0 Å². The minimum atomic E-state index is -1.04. The van der Waals surface area contributed by atoms with Gasteiger partial charge in [-0.15, -0.1) is 0 Å². The van der Waals surface area contributed by atoms with Crippen LogP contribution in [0.25, 0.3) is 0 Å². The average Bonchev–Trinajstić information content (AvgIpc) is 2.66. The molecule has 0 aromatic carbocycles. The Balaban J connectivity index is 2.68. The molecule has 3 N–H and O–H groups in total. The maximum atomic E-state index is 10.8. The van der Waals surface area contributed by atoms with Gasteiger partial charge in [0.05, 0.1) is 26.0 Å². The lowest BCUT2D eigenvalue weighted by Crippen LogP contribution is -2.29. The van der Waals surface area contributed by atoms with Crippen molar-refractivity contribution in [1.82, 2.24) is 4.90 Å². The Labute approximate surface area is 92.7 Å². The van der Waals surface area contributed by atoms with Crippen LogP contribution in [0.2, 0.25) is 0 Å². The Hall–Kier alpha value is -1.37. The molecule has 0 spiro atoms. The molecular formula is C10H15NO5. The van der Waals surface area contributed by atoms with E-state index in [0.717, 1.165) is 0 Å². The Kier molecular flexibility index (Phi) is 4.97. The van der Waals surface area contributed by atoms with E-state index in [9.17, 15) is 4.79 Å². The first kappa shape index (κ1) is 12.7. The quantitative estimate of drug-likeness (QED) is 0.597. The third-order valence-electron chi connectivity index (χ3n) is 2.18. The summed E-state index contributed by atoms with van der Waals surface area (Å²) in [5, 5.41) is 26.5. The van der Waals surface area contributed by atoms with E-state index in [1.165, 1.54) is 12.3 Å². The summed E-state index contributed by atoms with van der Waals surface area (Å²) in [5.41, 5.74) is 0.112. The smallest absolute Gasteiger partial charge is 0.339 e. The van der Waals surface area contributed by atoms with Crippen molar-refractivity contribution in [3.05, 3.63) is 23.7 Å². The summed E-state index contributed by atoms with van der Waals surface area (Å²) in [5.74, 6) is -0.717. The van der Waals surface area contributed by atoms with Gasteiger partial charge < -0.3 is 19.7 Å². The highest BCUT2D eigenvalue weighted by atomic mass is 16.4. The van der Waals surface area contributed by atoms with E-state index < -0.39 is 5.97 Å². The van der Waals surface area contributed by atoms with Crippen LogP contribution in [-0.4, -0.2) is 52.5 Å². The number of aliphatic hydroxyl groups excluding tert-OH is 2. The molecule has 1 aromatic heterocycles. The molecular weight excluding hydrogens is 214 g/mol. The van der Waals surface area contributed by atoms with E-state index in [1.54, 1.807) is 4.90 Å². The van der Waals surface area contributed by atoms with Crippen molar-refractivity contribution < 1.29 is 24.5 Å². The number of rotatable bonds is 7. The third-order valence-corrected chi connectivity index (χ3v) is 2.18. The number of hydrogen-bond donors (Lipinski definition) is 3. The van der Waals surface area contributed by atoms with Crippen LogP contribution < -0.4 is 0 Å². The van der Waals surface area contributed by atoms with Gasteiger partial charge in [-0.25, -0.2) is 4.79 Å². The van der Waals surface area contributed by atoms with E-state index in [1.807, 2.05) is 0 Å². The second-order valence-corrected chi connectivity index (χ2v) is 3.29. The maximum absolute atomic E-state index is 10.8. The van der Waals surface area contributed by atoms with Gasteiger partial charge in [-0.05, 0) is 6.07 Å². The molecule has 90 valence electrons. The number of nitrogens with zero attached hydrogens (tertiary/aromatic N) is 1. The lowest BCUT2D eigenvalue weighted by molar-refractivity contribution is 0.0692. The highest BCUT2D eigenvalue weighted by molar-refractivity contribution is 5.88. The van der Waals surface area contributed by atoms with Crippen LogP contribution in [-0.2, 0) is 6.54 Å². The zero-order chi connectivity index (χ0) is 12.0. The Morgan fingerprint density at radius 1 is 1.31 bits per heavy atom. The van der Waals surface area contributed by atoms with E-state index >= 15 is 0 Å².